The Labute approximate surface area is 252 Å². The molecule has 236 valence electrons. The van der Waals surface area contributed by atoms with Gasteiger partial charge in [0, 0.05) is 26.2 Å². The van der Waals surface area contributed by atoms with Crippen molar-refractivity contribution in [3.8, 4) is 0 Å². The van der Waals surface area contributed by atoms with Gasteiger partial charge in [-0.1, -0.05) is 49.4 Å². The van der Waals surface area contributed by atoms with Crippen LogP contribution in [0, 0.1) is 11.7 Å². The molecule has 2 unspecified atom stereocenters. The van der Waals surface area contributed by atoms with Crippen molar-refractivity contribution in [2.75, 3.05) is 20.3 Å². The molecule has 1 aliphatic rings. The van der Waals surface area contributed by atoms with E-state index in [2.05, 4.69) is 0 Å². The van der Waals surface area contributed by atoms with Crippen molar-refractivity contribution in [1.29, 1.82) is 0 Å². The lowest BCUT2D eigenvalue weighted by atomic mass is 9.65. The second-order valence-corrected chi connectivity index (χ2v) is 12.6. The first-order chi connectivity index (χ1) is 20.1. The maximum Gasteiger partial charge on any atom is 0.411 e. The van der Waals surface area contributed by atoms with Crippen LogP contribution in [0.15, 0.2) is 48.5 Å². The highest BCUT2D eigenvalue weighted by Crippen LogP contribution is 2.48. The number of aldehydes is 1. The SMILES string of the molecule is CC(C=O)[C@@](C(=O)OOCc1ccccc1)(C(c1ccc(C2CCOCC2)c(F)c1)C(C)(C)F)N(C)C(=O)OC(C)(C)C. The van der Waals surface area contributed by atoms with Crippen LogP contribution in [0.2, 0.25) is 0 Å². The number of likely N-dealkylation sites (N-methyl/N-ethyl adjacent to an activating group) is 1. The van der Waals surface area contributed by atoms with Crippen molar-refractivity contribution in [1.82, 2.24) is 4.90 Å². The fourth-order valence-electron chi connectivity index (χ4n) is 5.82. The number of alkyl halides is 1. The Morgan fingerprint density at radius 3 is 2.23 bits per heavy atom. The molecule has 1 fully saturated rings. The zero-order chi connectivity index (χ0) is 32.0. The van der Waals surface area contributed by atoms with Crippen molar-refractivity contribution in [3.63, 3.8) is 0 Å². The van der Waals surface area contributed by atoms with E-state index in [1.165, 1.54) is 40.0 Å². The Morgan fingerprint density at radius 1 is 1.07 bits per heavy atom. The molecule has 43 heavy (non-hydrogen) atoms. The number of benzene rings is 2. The molecule has 8 nitrogen and oxygen atoms in total. The predicted octanol–water partition coefficient (Wildman–Crippen LogP) is 6.67. The van der Waals surface area contributed by atoms with Gasteiger partial charge in [0.1, 0.15) is 30.0 Å². The molecule has 10 heteroatoms. The number of carbonyl (C=O) groups excluding carboxylic acids is 3. The van der Waals surface area contributed by atoms with Gasteiger partial charge >= 0.3 is 12.1 Å². The Bertz CT molecular complexity index is 1250. The van der Waals surface area contributed by atoms with Gasteiger partial charge in [-0.3, -0.25) is 9.79 Å². The molecule has 0 radical (unpaired) electrons. The number of ether oxygens (including phenoxy) is 2. The van der Waals surface area contributed by atoms with Crippen LogP contribution in [0.25, 0.3) is 0 Å². The van der Waals surface area contributed by atoms with E-state index in [1.807, 2.05) is 6.07 Å². The minimum absolute atomic E-state index is 0.0601. The molecule has 1 aliphatic heterocycles. The number of rotatable bonds is 11. The highest BCUT2D eigenvalue weighted by molar-refractivity contribution is 5.90. The topological polar surface area (TPSA) is 91.4 Å². The molecule has 1 heterocycles. The van der Waals surface area contributed by atoms with Crippen molar-refractivity contribution in [2.45, 2.75) is 89.6 Å². The predicted molar refractivity (Wildman–Crippen MR) is 156 cm³/mol. The summed E-state index contributed by atoms with van der Waals surface area (Å²) in [5.74, 6) is -4.82. The zero-order valence-corrected chi connectivity index (χ0v) is 26.0. The fraction of sp³-hybridized carbons (Fsp3) is 0.545. The summed E-state index contributed by atoms with van der Waals surface area (Å²) in [6, 6.07) is 13.1. The first-order valence-corrected chi connectivity index (χ1v) is 14.5. The van der Waals surface area contributed by atoms with Crippen LogP contribution in [0.5, 0.6) is 0 Å². The molecular weight excluding hydrogens is 560 g/mol. The molecule has 0 bridgehead atoms. The van der Waals surface area contributed by atoms with E-state index in [9.17, 15) is 14.4 Å². The number of hydrogen-bond acceptors (Lipinski definition) is 7. The van der Waals surface area contributed by atoms with Gasteiger partial charge in [0.05, 0.1) is 5.92 Å². The Balaban J connectivity index is 2.17. The standard InChI is InChI=1S/C33H43F2NO7/c1-22(20-37)33(36(7)30(39)42-31(2,3)4,29(38)43-41-21-23-11-9-8-10-12-23)28(32(5,6)35)25-13-14-26(27(34)19-25)24-15-17-40-18-16-24/h8-14,19-20,22,24,28H,15-18,21H2,1-7H3/t22?,28?,33-/m0/s1. The summed E-state index contributed by atoms with van der Waals surface area (Å²) in [6.07, 6.45) is 0.694. The quantitative estimate of drug-likeness (QED) is 0.161. The third kappa shape index (κ3) is 7.97. The molecule has 0 aliphatic carbocycles. The molecule has 2 aromatic carbocycles. The zero-order valence-electron chi connectivity index (χ0n) is 26.0. The van der Waals surface area contributed by atoms with E-state index >= 15 is 8.78 Å². The summed E-state index contributed by atoms with van der Waals surface area (Å²) in [7, 11) is 1.23. The minimum Gasteiger partial charge on any atom is -0.444 e. The second-order valence-electron chi connectivity index (χ2n) is 12.6. The maximum atomic E-state index is 16.5. The molecule has 0 spiro atoms. The van der Waals surface area contributed by atoms with Crippen molar-refractivity contribution in [3.05, 3.63) is 71.0 Å². The van der Waals surface area contributed by atoms with Gasteiger partial charge in [-0.05, 0) is 76.1 Å². The van der Waals surface area contributed by atoms with E-state index in [-0.39, 0.29) is 18.1 Å². The van der Waals surface area contributed by atoms with Gasteiger partial charge in [-0.2, -0.15) is 4.89 Å². The van der Waals surface area contributed by atoms with Crippen LogP contribution >= 0.6 is 0 Å². The number of halogens is 2. The van der Waals surface area contributed by atoms with Gasteiger partial charge in [-0.25, -0.2) is 18.4 Å². The summed E-state index contributed by atoms with van der Waals surface area (Å²) in [5, 5.41) is 0. The highest BCUT2D eigenvalue weighted by atomic mass is 19.1. The number of hydrogen-bond donors (Lipinski definition) is 0. The fourth-order valence-corrected chi connectivity index (χ4v) is 5.82. The van der Waals surface area contributed by atoms with Gasteiger partial charge in [0.25, 0.3) is 0 Å². The lowest BCUT2D eigenvalue weighted by molar-refractivity contribution is -0.291. The van der Waals surface area contributed by atoms with Gasteiger partial charge in [-0.15, -0.1) is 0 Å². The maximum absolute atomic E-state index is 16.5. The lowest BCUT2D eigenvalue weighted by Crippen LogP contribution is -2.67. The van der Waals surface area contributed by atoms with E-state index in [1.54, 1.807) is 51.1 Å². The van der Waals surface area contributed by atoms with Gasteiger partial charge in [0.15, 0.2) is 5.54 Å². The molecule has 0 aromatic heterocycles. The van der Waals surface area contributed by atoms with E-state index in [0.29, 0.717) is 43.5 Å². The molecule has 2 aromatic rings. The van der Waals surface area contributed by atoms with Gasteiger partial charge in [0.2, 0.25) is 0 Å². The third-order valence-corrected chi connectivity index (χ3v) is 7.80. The van der Waals surface area contributed by atoms with E-state index < -0.39 is 46.5 Å². The average molecular weight is 604 g/mol. The van der Waals surface area contributed by atoms with Crippen LogP contribution in [0.1, 0.15) is 82.9 Å². The second kappa shape index (κ2) is 13.9. The third-order valence-electron chi connectivity index (χ3n) is 7.80. The lowest BCUT2D eigenvalue weighted by Gasteiger charge is -2.49. The van der Waals surface area contributed by atoms with Crippen LogP contribution < -0.4 is 0 Å². The summed E-state index contributed by atoms with van der Waals surface area (Å²) >= 11 is 0. The summed E-state index contributed by atoms with van der Waals surface area (Å²) in [6.45, 7) is 9.53. The molecular formula is C33H43F2NO7. The Hall–Kier alpha value is -3.37. The molecule has 3 atom stereocenters. The summed E-state index contributed by atoms with van der Waals surface area (Å²) in [4.78, 5) is 51.7. The largest absolute Gasteiger partial charge is 0.444 e. The molecule has 0 N–H and O–H groups in total. The number of nitrogens with zero attached hydrogens (tertiary/aromatic N) is 1. The highest BCUT2D eigenvalue weighted by Gasteiger charge is 2.62. The first kappa shape index (κ1) is 34.1. The molecule has 1 amide bonds. The normalized spacial score (nSPS) is 17.3. The summed E-state index contributed by atoms with van der Waals surface area (Å²) in [5.41, 5.74) is -4.45. The smallest absolute Gasteiger partial charge is 0.411 e. The summed E-state index contributed by atoms with van der Waals surface area (Å²) < 4.78 is 43.3. The van der Waals surface area contributed by atoms with Crippen LogP contribution in [-0.2, 0) is 35.4 Å². The number of carbonyl (C=O) groups is 3. The van der Waals surface area contributed by atoms with Crippen molar-refractivity contribution in [2.24, 2.45) is 5.92 Å². The first-order valence-electron chi connectivity index (χ1n) is 14.5. The average Bonchev–Trinajstić information content (AvgIpc) is 2.94. The Kier molecular flexibility index (Phi) is 11.1. The Morgan fingerprint density at radius 2 is 1.70 bits per heavy atom. The minimum atomic E-state index is -2.36. The van der Waals surface area contributed by atoms with Gasteiger partial charge < -0.3 is 14.3 Å². The van der Waals surface area contributed by atoms with Crippen LogP contribution in [0.4, 0.5) is 13.6 Å². The van der Waals surface area contributed by atoms with Crippen molar-refractivity contribution < 1.29 is 42.4 Å². The van der Waals surface area contributed by atoms with Crippen LogP contribution in [0.3, 0.4) is 0 Å². The van der Waals surface area contributed by atoms with E-state index in [0.717, 1.165) is 4.90 Å². The monoisotopic (exact) mass is 603 g/mol. The molecule has 1 saturated heterocycles. The van der Waals surface area contributed by atoms with Crippen LogP contribution in [-0.4, -0.2) is 60.3 Å². The molecule has 0 saturated carbocycles. The van der Waals surface area contributed by atoms with E-state index in [4.69, 9.17) is 19.2 Å². The molecule has 3 rings (SSSR count). The number of amides is 1. The van der Waals surface area contributed by atoms with Crippen molar-refractivity contribution >= 4 is 18.3 Å².